The van der Waals surface area contributed by atoms with Gasteiger partial charge in [0.1, 0.15) is 17.3 Å². The first kappa shape index (κ1) is 29.7. The molecule has 3 heterocycles. The third-order valence-corrected chi connectivity index (χ3v) is 9.28. The number of aryl methyl sites for hydroxylation is 3. The molecule has 8 rings (SSSR count). The van der Waals surface area contributed by atoms with Crippen LogP contribution in [-0.4, -0.2) is 19.3 Å². The predicted molar refractivity (Wildman–Crippen MR) is 198 cm³/mol. The second-order valence-electron chi connectivity index (χ2n) is 13.8. The van der Waals surface area contributed by atoms with Gasteiger partial charge in [-0.15, -0.1) is 0 Å². The van der Waals surface area contributed by atoms with Gasteiger partial charge in [-0.25, -0.2) is 9.67 Å². The van der Waals surface area contributed by atoms with E-state index < -0.39 is 0 Å². The second kappa shape index (κ2) is 11.2. The lowest BCUT2D eigenvalue weighted by molar-refractivity contribution is 0.483. The third-order valence-electron chi connectivity index (χ3n) is 9.28. The van der Waals surface area contributed by atoms with Crippen molar-refractivity contribution in [3.8, 4) is 34.3 Å². The smallest absolute Gasteiger partial charge is 0.137 e. The van der Waals surface area contributed by atoms with E-state index in [1.165, 1.54) is 33.2 Å². The number of benzene rings is 5. The Hall–Kier alpha value is -5.68. The van der Waals surface area contributed by atoms with E-state index in [0.29, 0.717) is 0 Å². The summed E-state index contributed by atoms with van der Waals surface area (Å²) in [6.07, 6.45) is 1.91. The maximum atomic E-state index is 6.62. The van der Waals surface area contributed by atoms with Gasteiger partial charge in [-0.1, -0.05) is 80.9 Å². The third kappa shape index (κ3) is 5.03. The normalized spacial score (nSPS) is 12.0. The maximum Gasteiger partial charge on any atom is 0.137 e. The molecule has 0 atom stereocenters. The Balaban J connectivity index is 1.24. The minimum atomic E-state index is 0.00682. The fourth-order valence-electron chi connectivity index (χ4n) is 7.10. The quantitative estimate of drug-likeness (QED) is 0.191. The van der Waals surface area contributed by atoms with Crippen LogP contribution in [0.4, 0.5) is 0 Å². The van der Waals surface area contributed by atoms with Crippen LogP contribution in [-0.2, 0) is 5.41 Å². The Labute approximate surface area is 281 Å². The standard InChI is InChI=1S/C43H38N4O/c1-27-22-28(2)41(29(3)23-27)42-36-15-7-9-16-37(36)45-47(42)31-12-11-13-32(25-31)48-33-18-19-35-34-14-8-10-17-38(34)46(39(35)26-33)40-24-30(20-21-44-40)43(4,5)6/h7-26H,1-6H3. The van der Waals surface area contributed by atoms with Crippen molar-refractivity contribution < 1.29 is 4.74 Å². The summed E-state index contributed by atoms with van der Waals surface area (Å²) in [6, 6.07) is 40.2. The van der Waals surface area contributed by atoms with Crippen LogP contribution < -0.4 is 4.74 Å². The molecule has 0 aliphatic heterocycles. The van der Waals surface area contributed by atoms with Crippen LogP contribution in [0.5, 0.6) is 11.5 Å². The van der Waals surface area contributed by atoms with Gasteiger partial charge in [-0.2, -0.15) is 5.10 Å². The molecule has 0 fully saturated rings. The van der Waals surface area contributed by atoms with Crippen LogP contribution in [0.3, 0.4) is 0 Å². The largest absolute Gasteiger partial charge is 0.457 e. The Morgan fingerprint density at radius 2 is 1.33 bits per heavy atom. The van der Waals surface area contributed by atoms with Crippen molar-refractivity contribution in [2.75, 3.05) is 0 Å². The fraction of sp³-hybridized carbons (Fsp3) is 0.163. The molecule has 0 radical (unpaired) electrons. The number of hydrogen-bond acceptors (Lipinski definition) is 3. The van der Waals surface area contributed by atoms with Crippen molar-refractivity contribution in [1.29, 1.82) is 0 Å². The topological polar surface area (TPSA) is 44.9 Å². The van der Waals surface area contributed by atoms with Crippen LogP contribution in [0.25, 0.3) is 55.5 Å². The second-order valence-corrected chi connectivity index (χ2v) is 13.8. The monoisotopic (exact) mass is 626 g/mol. The zero-order chi connectivity index (χ0) is 33.2. The van der Waals surface area contributed by atoms with Crippen LogP contribution >= 0.6 is 0 Å². The number of pyridine rings is 1. The van der Waals surface area contributed by atoms with Gasteiger partial charge in [0.25, 0.3) is 0 Å². The van der Waals surface area contributed by atoms with Crippen LogP contribution in [0.15, 0.2) is 121 Å². The number of ether oxygens (including phenoxy) is 1. The maximum absolute atomic E-state index is 6.62. The summed E-state index contributed by atoms with van der Waals surface area (Å²) in [5, 5.41) is 8.57. The van der Waals surface area contributed by atoms with Gasteiger partial charge in [0, 0.05) is 40.1 Å². The highest BCUT2D eigenvalue weighted by atomic mass is 16.5. The molecule has 0 spiro atoms. The summed E-state index contributed by atoms with van der Waals surface area (Å²) in [5.41, 5.74) is 11.3. The van der Waals surface area contributed by atoms with E-state index in [2.05, 4.69) is 148 Å². The number of fused-ring (bicyclic) bond motifs is 4. The van der Waals surface area contributed by atoms with E-state index in [1.54, 1.807) is 0 Å². The number of rotatable bonds is 5. The van der Waals surface area contributed by atoms with E-state index in [4.69, 9.17) is 14.8 Å². The molecule has 0 aliphatic rings. The minimum Gasteiger partial charge on any atom is -0.457 e. The number of para-hydroxylation sites is 1. The molecule has 0 bridgehead atoms. The fourth-order valence-corrected chi connectivity index (χ4v) is 7.10. The average Bonchev–Trinajstić information content (AvgIpc) is 3.60. The van der Waals surface area contributed by atoms with Crippen molar-refractivity contribution >= 4 is 32.7 Å². The zero-order valence-electron chi connectivity index (χ0n) is 28.2. The summed E-state index contributed by atoms with van der Waals surface area (Å²) in [6.45, 7) is 13.2. The highest BCUT2D eigenvalue weighted by molar-refractivity contribution is 6.09. The van der Waals surface area contributed by atoms with E-state index in [-0.39, 0.29) is 5.41 Å². The first-order chi connectivity index (χ1) is 23.2. The Kier molecular flexibility index (Phi) is 6.95. The molecule has 0 saturated carbocycles. The first-order valence-corrected chi connectivity index (χ1v) is 16.5. The number of hydrogen-bond donors (Lipinski definition) is 0. The zero-order valence-corrected chi connectivity index (χ0v) is 28.2. The molecular weight excluding hydrogens is 589 g/mol. The Bertz CT molecular complexity index is 2490. The molecule has 3 aromatic heterocycles. The molecule has 5 nitrogen and oxygen atoms in total. The minimum absolute atomic E-state index is 0.00682. The lowest BCUT2D eigenvalue weighted by Gasteiger charge is -2.20. The van der Waals surface area contributed by atoms with Crippen molar-refractivity contribution in [2.24, 2.45) is 0 Å². The van der Waals surface area contributed by atoms with Crippen molar-refractivity contribution in [3.05, 3.63) is 144 Å². The summed E-state index contributed by atoms with van der Waals surface area (Å²) in [4.78, 5) is 4.84. The highest BCUT2D eigenvalue weighted by Gasteiger charge is 2.20. The molecule has 5 aromatic carbocycles. The van der Waals surface area contributed by atoms with Gasteiger partial charge in [0.2, 0.25) is 0 Å². The van der Waals surface area contributed by atoms with Gasteiger partial charge >= 0.3 is 0 Å². The number of nitrogens with zero attached hydrogens (tertiary/aromatic N) is 4. The van der Waals surface area contributed by atoms with Crippen LogP contribution in [0, 0.1) is 20.8 Å². The predicted octanol–water partition coefficient (Wildman–Crippen LogP) is 11.2. The molecule has 0 aliphatic carbocycles. The molecule has 0 amide bonds. The van der Waals surface area contributed by atoms with E-state index in [0.717, 1.165) is 56.0 Å². The summed E-state index contributed by atoms with van der Waals surface area (Å²) >= 11 is 0. The van der Waals surface area contributed by atoms with E-state index in [9.17, 15) is 0 Å². The summed E-state index contributed by atoms with van der Waals surface area (Å²) in [7, 11) is 0. The summed E-state index contributed by atoms with van der Waals surface area (Å²) < 4.78 is 10.9. The molecule has 0 unspecified atom stereocenters. The van der Waals surface area contributed by atoms with Crippen LogP contribution in [0.2, 0.25) is 0 Å². The highest BCUT2D eigenvalue weighted by Crippen LogP contribution is 2.38. The summed E-state index contributed by atoms with van der Waals surface area (Å²) in [5.74, 6) is 2.39. The van der Waals surface area contributed by atoms with Crippen molar-refractivity contribution in [3.63, 3.8) is 0 Å². The molecule has 48 heavy (non-hydrogen) atoms. The van der Waals surface area contributed by atoms with Gasteiger partial charge in [-0.05, 0) is 91.4 Å². The van der Waals surface area contributed by atoms with Gasteiger partial charge in [0.05, 0.1) is 27.9 Å². The molecule has 8 aromatic rings. The van der Waals surface area contributed by atoms with Crippen molar-refractivity contribution in [1.82, 2.24) is 19.3 Å². The number of aromatic nitrogens is 4. The molecule has 0 saturated heterocycles. The lowest BCUT2D eigenvalue weighted by Crippen LogP contribution is -2.12. The van der Waals surface area contributed by atoms with Crippen molar-refractivity contribution in [2.45, 2.75) is 47.0 Å². The average molecular weight is 627 g/mol. The van der Waals surface area contributed by atoms with Gasteiger partial charge in [-0.3, -0.25) is 4.57 Å². The SMILES string of the molecule is Cc1cc(C)c(-c2c3ccccc3nn2-c2cccc(Oc3ccc4c5ccccc5n(-c5cc(C(C)(C)C)ccn5)c4c3)c2)c(C)c1. The Morgan fingerprint density at radius 1 is 0.625 bits per heavy atom. The van der Waals surface area contributed by atoms with E-state index in [1.807, 2.05) is 24.4 Å². The first-order valence-electron chi connectivity index (χ1n) is 16.5. The molecule has 236 valence electrons. The molecular formula is C43H38N4O. The van der Waals surface area contributed by atoms with Gasteiger partial charge in [0.15, 0.2) is 0 Å². The lowest BCUT2D eigenvalue weighted by atomic mass is 9.88. The van der Waals surface area contributed by atoms with Gasteiger partial charge < -0.3 is 4.74 Å². The van der Waals surface area contributed by atoms with Crippen LogP contribution in [0.1, 0.15) is 43.0 Å². The molecule has 5 heteroatoms. The Morgan fingerprint density at radius 3 is 2.12 bits per heavy atom. The molecule has 0 N–H and O–H groups in total. The van der Waals surface area contributed by atoms with E-state index >= 15 is 0 Å².